The monoisotopic (exact) mass is 222 g/mol. The lowest BCUT2D eigenvalue weighted by Crippen LogP contribution is -2.09. The maximum atomic E-state index is 10.6. The summed E-state index contributed by atoms with van der Waals surface area (Å²) >= 11 is 0. The fourth-order valence-corrected chi connectivity index (χ4v) is 1.21. The Balaban J connectivity index is 3.04. The molecule has 0 aliphatic carbocycles. The summed E-state index contributed by atoms with van der Waals surface area (Å²) in [6.45, 7) is 1.85. The Kier molecular flexibility index (Phi) is 4.02. The standard InChI is InChI=1S/C11H14N2O3/c1-8(12)3-4-9-5-6-10(13(14)15)11(7-9)16-2/h3-8H,12H2,1-2H3/b4-3+. The second-order valence-electron chi connectivity index (χ2n) is 3.41. The minimum atomic E-state index is -0.474. The van der Waals surface area contributed by atoms with Crippen LogP contribution in [0.1, 0.15) is 12.5 Å². The summed E-state index contributed by atoms with van der Waals surface area (Å²) < 4.78 is 4.95. The third-order valence-electron chi connectivity index (χ3n) is 1.99. The molecule has 1 rings (SSSR count). The molecule has 0 saturated carbocycles. The van der Waals surface area contributed by atoms with Gasteiger partial charge in [0, 0.05) is 12.1 Å². The van der Waals surface area contributed by atoms with E-state index in [1.807, 2.05) is 6.92 Å². The van der Waals surface area contributed by atoms with Crippen LogP contribution in [0.3, 0.4) is 0 Å². The number of nitrogens with two attached hydrogens (primary N) is 1. The third kappa shape index (κ3) is 3.06. The zero-order valence-electron chi connectivity index (χ0n) is 9.21. The highest BCUT2D eigenvalue weighted by atomic mass is 16.6. The van der Waals surface area contributed by atoms with Gasteiger partial charge in [-0.1, -0.05) is 12.2 Å². The molecule has 0 aliphatic heterocycles. The molecule has 0 spiro atoms. The van der Waals surface area contributed by atoms with Gasteiger partial charge in [-0.3, -0.25) is 10.1 Å². The van der Waals surface area contributed by atoms with Crippen LogP contribution in [0, 0.1) is 10.1 Å². The van der Waals surface area contributed by atoms with E-state index in [1.54, 1.807) is 24.3 Å². The van der Waals surface area contributed by atoms with Crippen molar-refractivity contribution in [1.29, 1.82) is 0 Å². The summed E-state index contributed by atoms with van der Waals surface area (Å²) in [7, 11) is 1.40. The van der Waals surface area contributed by atoms with Crippen LogP contribution in [0.4, 0.5) is 5.69 Å². The molecule has 1 aromatic rings. The first-order chi connectivity index (χ1) is 7.54. The first-order valence-corrected chi connectivity index (χ1v) is 4.81. The first-order valence-electron chi connectivity index (χ1n) is 4.81. The summed E-state index contributed by atoms with van der Waals surface area (Å²) in [5.41, 5.74) is 6.34. The summed E-state index contributed by atoms with van der Waals surface area (Å²) in [6, 6.07) is 4.62. The van der Waals surface area contributed by atoms with Gasteiger partial charge in [-0.25, -0.2) is 0 Å². The molecule has 86 valence electrons. The van der Waals surface area contributed by atoms with Crippen molar-refractivity contribution in [1.82, 2.24) is 0 Å². The molecule has 0 fully saturated rings. The molecular formula is C11H14N2O3. The van der Waals surface area contributed by atoms with Gasteiger partial charge in [0.05, 0.1) is 12.0 Å². The normalized spacial score (nSPS) is 12.7. The largest absolute Gasteiger partial charge is 0.490 e. The second-order valence-corrected chi connectivity index (χ2v) is 3.41. The molecule has 1 atom stereocenters. The number of rotatable bonds is 4. The van der Waals surface area contributed by atoms with Crippen molar-refractivity contribution in [2.75, 3.05) is 7.11 Å². The van der Waals surface area contributed by atoms with E-state index in [4.69, 9.17) is 10.5 Å². The van der Waals surface area contributed by atoms with E-state index in [9.17, 15) is 10.1 Å². The van der Waals surface area contributed by atoms with E-state index < -0.39 is 4.92 Å². The minimum absolute atomic E-state index is 0.0413. The summed E-state index contributed by atoms with van der Waals surface area (Å²) in [4.78, 5) is 10.2. The van der Waals surface area contributed by atoms with Gasteiger partial charge in [0.1, 0.15) is 0 Å². The van der Waals surface area contributed by atoms with Gasteiger partial charge in [-0.2, -0.15) is 0 Å². The maximum absolute atomic E-state index is 10.6. The minimum Gasteiger partial charge on any atom is -0.490 e. The van der Waals surface area contributed by atoms with Crippen LogP contribution in [-0.2, 0) is 0 Å². The SMILES string of the molecule is COc1cc(/C=C/C(C)N)ccc1[N+](=O)[O-]. The summed E-state index contributed by atoms with van der Waals surface area (Å²) in [6.07, 6.45) is 3.61. The lowest BCUT2D eigenvalue weighted by molar-refractivity contribution is -0.385. The lowest BCUT2D eigenvalue weighted by Gasteiger charge is -2.02. The molecule has 1 unspecified atom stereocenters. The van der Waals surface area contributed by atoms with Gasteiger partial charge in [0.25, 0.3) is 0 Å². The first kappa shape index (κ1) is 12.2. The van der Waals surface area contributed by atoms with Crippen molar-refractivity contribution in [3.05, 3.63) is 40.0 Å². The molecule has 0 heterocycles. The zero-order chi connectivity index (χ0) is 12.1. The van der Waals surface area contributed by atoms with Crippen LogP contribution in [0.15, 0.2) is 24.3 Å². The molecule has 0 bridgehead atoms. The number of ether oxygens (including phenoxy) is 1. The summed E-state index contributed by atoms with van der Waals surface area (Å²) in [5.74, 6) is 0.247. The van der Waals surface area contributed by atoms with E-state index in [0.29, 0.717) is 0 Å². The molecule has 2 N–H and O–H groups in total. The van der Waals surface area contributed by atoms with Crippen LogP contribution in [-0.4, -0.2) is 18.1 Å². The van der Waals surface area contributed by atoms with Crippen LogP contribution in [0.2, 0.25) is 0 Å². The van der Waals surface area contributed by atoms with Crippen LogP contribution in [0.5, 0.6) is 5.75 Å². The van der Waals surface area contributed by atoms with Crippen LogP contribution in [0.25, 0.3) is 6.08 Å². The highest BCUT2D eigenvalue weighted by Crippen LogP contribution is 2.27. The Morgan fingerprint density at radius 3 is 2.75 bits per heavy atom. The Morgan fingerprint density at radius 2 is 2.25 bits per heavy atom. The molecule has 0 saturated heterocycles. The number of methoxy groups -OCH3 is 1. The van der Waals surface area contributed by atoms with Gasteiger partial charge < -0.3 is 10.5 Å². The topological polar surface area (TPSA) is 78.4 Å². The number of hydrogen-bond acceptors (Lipinski definition) is 4. The Labute approximate surface area is 93.7 Å². The van der Waals surface area contributed by atoms with Crippen molar-refractivity contribution >= 4 is 11.8 Å². The Morgan fingerprint density at radius 1 is 1.56 bits per heavy atom. The molecule has 16 heavy (non-hydrogen) atoms. The molecule has 0 amide bonds. The zero-order valence-corrected chi connectivity index (χ0v) is 9.21. The molecule has 5 heteroatoms. The highest BCUT2D eigenvalue weighted by Gasteiger charge is 2.13. The number of nitrogens with zero attached hydrogens (tertiary/aromatic N) is 1. The predicted octanol–water partition coefficient (Wildman–Crippen LogP) is 1.96. The van der Waals surface area contributed by atoms with E-state index in [-0.39, 0.29) is 17.5 Å². The van der Waals surface area contributed by atoms with Gasteiger partial charge in [-0.15, -0.1) is 0 Å². The average Bonchev–Trinajstić information content (AvgIpc) is 2.25. The Hall–Kier alpha value is -1.88. The van der Waals surface area contributed by atoms with Gasteiger partial charge in [-0.05, 0) is 24.6 Å². The highest BCUT2D eigenvalue weighted by molar-refractivity contribution is 5.58. The number of hydrogen-bond donors (Lipinski definition) is 1. The number of nitro groups is 1. The van der Waals surface area contributed by atoms with Gasteiger partial charge >= 0.3 is 5.69 Å². The predicted molar refractivity (Wildman–Crippen MR) is 62.3 cm³/mol. The van der Waals surface area contributed by atoms with Crippen molar-refractivity contribution in [2.45, 2.75) is 13.0 Å². The van der Waals surface area contributed by atoms with Gasteiger partial charge in [0.2, 0.25) is 0 Å². The Bertz CT molecular complexity index is 414. The van der Waals surface area contributed by atoms with Crippen LogP contribution < -0.4 is 10.5 Å². The smallest absolute Gasteiger partial charge is 0.310 e. The fraction of sp³-hybridized carbons (Fsp3) is 0.273. The summed E-state index contributed by atoms with van der Waals surface area (Å²) in [5, 5.41) is 10.6. The molecule has 5 nitrogen and oxygen atoms in total. The second kappa shape index (κ2) is 5.27. The van der Waals surface area contributed by atoms with Gasteiger partial charge in [0.15, 0.2) is 5.75 Å². The van der Waals surface area contributed by atoms with Crippen molar-refractivity contribution in [2.24, 2.45) is 5.73 Å². The van der Waals surface area contributed by atoms with Crippen molar-refractivity contribution in [3.63, 3.8) is 0 Å². The van der Waals surface area contributed by atoms with Crippen molar-refractivity contribution in [3.8, 4) is 5.75 Å². The molecule has 0 radical (unpaired) electrons. The molecular weight excluding hydrogens is 208 g/mol. The van der Waals surface area contributed by atoms with E-state index in [1.165, 1.54) is 13.2 Å². The van der Waals surface area contributed by atoms with E-state index in [0.717, 1.165) is 5.56 Å². The average molecular weight is 222 g/mol. The number of benzene rings is 1. The van der Waals surface area contributed by atoms with Crippen molar-refractivity contribution < 1.29 is 9.66 Å². The quantitative estimate of drug-likeness (QED) is 0.624. The number of nitro benzene ring substituents is 1. The molecule has 1 aromatic carbocycles. The fourth-order valence-electron chi connectivity index (χ4n) is 1.21. The van der Waals surface area contributed by atoms with Crippen LogP contribution >= 0.6 is 0 Å². The molecule has 0 aromatic heterocycles. The van der Waals surface area contributed by atoms with E-state index in [2.05, 4.69) is 0 Å². The maximum Gasteiger partial charge on any atom is 0.310 e. The molecule has 0 aliphatic rings. The lowest BCUT2D eigenvalue weighted by atomic mass is 10.1. The van der Waals surface area contributed by atoms with E-state index >= 15 is 0 Å². The third-order valence-corrected chi connectivity index (χ3v) is 1.99.